The van der Waals surface area contributed by atoms with Crippen LogP contribution in [0.4, 0.5) is 4.79 Å². The van der Waals surface area contributed by atoms with Gasteiger partial charge in [-0.2, -0.15) is 0 Å². The summed E-state index contributed by atoms with van der Waals surface area (Å²) >= 11 is 0. The molecule has 0 bridgehead atoms. The molecule has 1 aliphatic heterocycles. The summed E-state index contributed by atoms with van der Waals surface area (Å²) in [5, 5.41) is 0. The first-order chi connectivity index (χ1) is 8.22. The maximum atomic E-state index is 11.6. The predicted octanol–water partition coefficient (Wildman–Crippen LogP) is 1.83. The SMILES string of the molecule is CCOC(=O)C1OC(=O)OC1c1ccccc1. The molecule has 0 aromatic heterocycles. The number of benzene rings is 1. The van der Waals surface area contributed by atoms with E-state index in [0.29, 0.717) is 5.56 Å². The molecule has 17 heavy (non-hydrogen) atoms. The number of ether oxygens (including phenoxy) is 3. The van der Waals surface area contributed by atoms with Crippen LogP contribution in [0.2, 0.25) is 0 Å². The van der Waals surface area contributed by atoms with Gasteiger partial charge in [-0.25, -0.2) is 9.59 Å². The molecule has 0 radical (unpaired) electrons. The molecule has 1 heterocycles. The van der Waals surface area contributed by atoms with Gasteiger partial charge < -0.3 is 14.2 Å². The van der Waals surface area contributed by atoms with Gasteiger partial charge in [-0.05, 0) is 12.5 Å². The lowest BCUT2D eigenvalue weighted by Crippen LogP contribution is -2.28. The van der Waals surface area contributed by atoms with Crippen molar-refractivity contribution >= 4 is 12.1 Å². The number of carbonyl (C=O) groups excluding carboxylic acids is 2. The van der Waals surface area contributed by atoms with Crippen LogP contribution < -0.4 is 0 Å². The zero-order valence-electron chi connectivity index (χ0n) is 9.29. The van der Waals surface area contributed by atoms with Crippen LogP contribution in [0.5, 0.6) is 0 Å². The van der Waals surface area contributed by atoms with E-state index in [1.165, 1.54) is 0 Å². The Morgan fingerprint density at radius 2 is 2.00 bits per heavy atom. The van der Waals surface area contributed by atoms with Crippen molar-refractivity contribution in [2.45, 2.75) is 19.1 Å². The van der Waals surface area contributed by atoms with Crippen LogP contribution in [0.3, 0.4) is 0 Å². The van der Waals surface area contributed by atoms with Crippen LogP contribution >= 0.6 is 0 Å². The first kappa shape index (κ1) is 11.4. The molecule has 5 heteroatoms. The van der Waals surface area contributed by atoms with Gasteiger partial charge in [-0.15, -0.1) is 0 Å². The van der Waals surface area contributed by atoms with Crippen LogP contribution in [0.1, 0.15) is 18.6 Å². The lowest BCUT2D eigenvalue weighted by molar-refractivity contribution is -0.153. The number of esters is 1. The molecule has 2 rings (SSSR count). The zero-order chi connectivity index (χ0) is 12.3. The largest absolute Gasteiger partial charge is 0.510 e. The van der Waals surface area contributed by atoms with E-state index in [0.717, 1.165) is 0 Å². The van der Waals surface area contributed by atoms with Crippen LogP contribution in [-0.4, -0.2) is 24.8 Å². The van der Waals surface area contributed by atoms with Gasteiger partial charge >= 0.3 is 12.1 Å². The second-order valence-corrected chi connectivity index (χ2v) is 3.49. The molecule has 5 nitrogen and oxygen atoms in total. The monoisotopic (exact) mass is 236 g/mol. The van der Waals surface area contributed by atoms with Gasteiger partial charge in [0.05, 0.1) is 6.61 Å². The van der Waals surface area contributed by atoms with E-state index in [9.17, 15) is 9.59 Å². The first-order valence-corrected chi connectivity index (χ1v) is 5.31. The average molecular weight is 236 g/mol. The van der Waals surface area contributed by atoms with Crippen LogP contribution in [0.25, 0.3) is 0 Å². The van der Waals surface area contributed by atoms with Gasteiger partial charge in [0.15, 0.2) is 6.10 Å². The maximum absolute atomic E-state index is 11.6. The van der Waals surface area contributed by atoms with E-state index < -0.39 is 24.3 Å². The van der Waals surface area contributed by atoms with Crippen molar-refractivity contribution in [2.75, 3.05) is 6.61 Å². The number of carbonyl (C=O) groups is 2. The first-order valence-electron chi connectivity index (χ1n) is 5.31. The molecule has 2 atom stereocenters. The van der Waals surface area contributed by atoms with Crippen LogP contribution in [-0.2, 0) is 19.0 Å². The minimum absolute atomic E-state index is 0.231. The molecule has 0 spiro atoms. The second-order valence-electron chi connectivity index (χ2n) is 3.49. The summed E-state index contributed by atoms with van der Waals surface area (Å²) in [4.78, 5) is 22.7. The molecule has 2 unspecified atom stereocenters. The molecular formula is C12H12O5. The Morgan fingerprint density at radius 1 is 1.29 bits per heavy atom. The van der Waals surface area contributed by atoms with E-state index in [-0.39, 0.29) is 6.61 Å². The van der Waals surface area contributed by atoms with Crippen molar-refractivity contribution in [2.24, 2.45) is 0 Å². The molecule has 0 amide bonds. The maximum Gasteiger partial charge on any atom is 0.510 e. The zero-order valence-corrected chi connectivity index (χ0v) is 9.29. The molecule has 1 saturated heterocycles. The van der Waals surface area contributed by atoms with E-state index in [4.69, 9.17) is 14.2 Å². The second kappa shape index (κ2) is 4.86. The fraction of sp³-hybridized carbons (Fsp3) is 0.333. The molecule has 0 saturated carbocycles. The number of hydrogen-bond acceptors (Lipinski definition) is 5. The molecule has 90 valence electrons. The molecule has 1 fully saturated rings. The third-order valence-corrected chi connectivity index (χ3v) is 2.37. The molecule has 0 N–H and O–H groups in total. The molecular weight excluding hydrogens is 224 g/mol. The third kappa shape index (κ3) is 2.38. The number of rotatable bonds is 3. The van der Waals surface area contributed by atoms with E-state index in [1.54, 1.807) is 31.2 Å². The normalized spacial score (nSPS) is 22.8. The third-order valence-electron chi connectivity index (χ3n) is 2.37. The quantitative estimate of drug-likeness (QED) is 0.749. The Labute approximate surface area is 98.3 Å². The highest BCUT2D eigenvalue weighted by molar-refractivity contribution is 5.81. The fourth-order valence-corrected chi connectivity index (χ4v) is 1.64. The number of hydrogen-bond donors (Lipinski definition) is 0. The Kier molecular flexibility index (Phi) is 3.27. The van der Waals surface area contributed by atoms with Crippen molar-refractivity contribution in [1.82, 2.24) is 0 Å². The van der Waals surface area contributed by atoms with Gasteiger partial charge in [0, 0.05) is 0 Å². The van der Waals surface area contributed by atoms with E-state index in [2.05, 4.69) is 0 Å². The lowest BCUT2D eigenvalue weighted by Gasteiger charge is -2.13. The topological polar surface area (TPSA) is 61.8 Å². The molecule has 1 aliphatic rings. The van der Waals surface area contributed by atoms with Crippen molar-refractivity contribution < 1.29 is 23.8 Å². The lowest BCUT2D eigenvalue weighted by atomic mass is 10.0. The molecule has 0 aliphatic carbocycles. The van der Waals surface area contributed by atoms with Gasteiger partial charge in [0.25, 0.3) is 0 Å². The molecule has 1 aromatic rings. The summed E-state index contributed by atoms with van der Waals surface area (Å²) in [5.74, 6) is -0.591. The standard InChI is InChI=1S/C12H12O5/c1-2-15-11(13)10-9(16-12(14)17-10)8-6-4-3-5-7-8/h3-7,9-10H,2H2,1H3. The van der Waals surface area contributed by atoms with E-state index >= 15 is 0 Å². The van der Waals surface area contributed by atoms with Crippen molar-refractivity contribution in [1.29, 1.82) is 0 Å². The van der Waals surface area contributed by atoms with Crippen LogP contribution in [0, 0.1) is 0 Å². The van der Waals surface area contributed by atoms with E-state index in [1.807, 2.05) is 6.07 Å². The summed E-state index contributed by atoms with van der Waals surface area (Å²) < 4.78 is 14.6. The van der Waals surface area contributed by atoms with Gasteiger partial charge in [-0.3, -0.25) is 0 Å². The van der Waals surface area contributed by atoms with Gasteiger partial charge in [0.2, 0.25) is 6.10 Å². The Morgan fingerprint density at radius 3 is 2.65 bits per heavy atom. The van der Waals surface area contributed by atoms with Crippen LogP contribution in [0.15, 0.2) is 30.3 Å². The van der Waals surface area contributed by atoms with Gasteiger partial charge in [-0.1, -0.05) is 30.3 Å². The minimum atomic E-state index is -1.02. The molecule has 1 aromatic carbocycles. The predicted molar refractivity (Wildman–Crippen MR) is 57.2 cm³/mol. The van der Waals surface area contributed by atoms with Crippen molar-refractivity contribution in [3.05, 3.63) is 35.9 Å². The Balaban J connectivity index is 2.20. The summed E-state index contributed by atoms with van der Waals surface area (Å²) in [6.45, 7) is 1.92. The Hall–Kier alpha value is -2.04. The smallest absolute Gasteiger partial charge is 0.463 e. The van der Waals surface area contributed by atoms with Gasteiger partial charge in [0.1, 0.15) is 0 Å². The summed E-state index contributed by atoms with van der Waals surface area (Å²) in [6.07, 6.45) is -2.61. The summed E-state index contributed by atoms with van der Waals surface area (Å²) in [6, 6.07) is 8.95. The highest BCUT2D eigenvalue weighted by atomic mass is 16.8. The highest BCUT2D eigenvalue weighted by Gasteiger charge is 2.43. The van der Waals surface area contributed by atoms with Crippen molar-refractivity contribution in [3.63, 3.8) is 0 Å². The van der Waals surface area contributed by atoms with Crippen molar-refractivity contribution in [3.8, 4) is 0 Å². The average Bonchev–Trinajstić information content (AvgIpc) is 2.73. The minimum Gasteiger partial charge on any atom is -0.463 e. The summed E-state index contributed by atoms with van der Waals surface area (Å²) in [7, 11) is 0. The number of cyclic esters (lactones) is 2. The summed E-state index contributed by atoms with van der Waals surface area (Å²) in [5.41, 5.74) is 0.705. The highest BCUT2D eigenvalue weighted by Crippen LogP contribution is 2.30. The fourth-order valence-electron chi connectivity index (χ4n) is 1.64. The Bertz CT molecular complexity index is 414.